The number of rotatable bonds is 9. The van der Waals surface area contributed by atoms with E-state index in [-0.39, 0.29) is 0 Å². The minimum absolute atomic E-state index is 0.491. The third kappa shape index (κ3) is 5.13. The maximum Gasteiger partial charge on any atom is 0.150 e. The smallest absolute Gasteiger partial charge is 0.150 e. The molecule has 0 aliphatic carbocycles. The zero-order valence-corrected chi connectivity index (χ0v) is 18.5. The SMILES string of the molecule is CCCCCCOc1ccc(CCc2cnc3c(N)nc4cc(C)ccc4c3c2)cc1. The van der Waals surface area contributed by atoms with E-state index >= 15 is 0 Å². The molecule has 0 aliphatic heterocycles. The average molecular weight is 414 g/mol. The van der Waals surface area contributed by atoms with Crippen LogP contribution in [0.25, 0.3) is 21.8 Å². The van der Waals surface area contributed by atoms with Crippen LogP contribution in [0.15, 0.2) is 54.7 Å². The molecule has 0 saturated carbocycles. The number of nitrogens with zero attached hydrogens (tertiary/aromatic N) is 2. The molecule has 0 amide bonds. The van der Waals surface area contributed by atoms with Crippen molar-refractivity contribution in [2.75, 3.05) is 12.3 Å². The van der Waals surface area contributed by atoms with Crippen LogP contribution >= 0.6 is 0 Å². The number of pyridine rings is 2. The third-order valence-electron chi connectivity index (χ3n) is 5.76. The zero-order chi connectivity index (χ0) is 21.6. The number of ether oxygens (including phenoxy) is 1. The van der Waals surface area contributed by atoms with Crippen LogP contribution in [0, 0.1) is 6.92 Å². The maximum atomic E-state index is 6.17. The summed E-state index contributed by atoms with van der Waals surface area (Å²) in [6.07, 6.45) is 8.71. The Labute approximate surface area is 184 Å². The Kier molecular flexibility index (Phi) is 6.66. The number of hydrogen-bond acceptors (Lipinski definition) is 4. The highest BCUT2D eigenvalue weighted by Crippen LogP contribution is 2.28. The second-order valence-electron chi connectivity index (χ2n) is 8.31. The first-order chi connectivity index (χ1) is 15.1. The minimum Gasteiger partial charge on any atom is -0.494 e. The average Bonchev–Trinajstić information content (AvgIpc) is 2.78. The first-order valence-corrected chi connectivity index (χ1v) is 11.3. The van der Waals surface area contributed by atoms with Crippen molar-refractivity contribution in [3.63, 3.8) is 0 Å². The highest BCUT2D eigenvalue weighted by atomic mass is 16.5. The van der Waals surface area contributed by atoms with Crippen molar-refractivity contribution in [2.24, 2.45) is 0 Å². The van der Waals surface area contributed by atoms with E-state index in [0.717, 1.165) is 53.4 Å². The Hall–Kier alpha value is -3.14. The van der Waals surface area contributed by atoms with Gasteiger partial charge in [-0.2, -0.15) is 0 Å². The van der Waals surface area contributed by atoms with Crippen molar-refractivity contribution in [2.45, 2.75) is 52.4 Å². The Morgan fingerprint density at radius 1 is 0.871 bits per heavy atom. The summed E-state index contributed by atoms with van der Waals surface area (Å²) in [5.74, 6) is 1.45. The van der Waals surface area contributed by atoms with Gasteiger partial charge in [0, 0.05) is 17.0 Å². The Bertz CT molecular complexity index is 1170. The normalized spacial score (nSPS) is 11.3. The standard InChI is InChI=1S/C27H31N3O/c1-3-4-5-6-15-31-22-12-10-20(11-13-22)8-9-21-17-24-23-14-7-19(2)16-25(23)30-27(28)26(24)29-18-21/h7,10-14,16-18H,3-6,8-9,15H2,1-2H3,(H2,28,30). The molecule has 2 N–H and O–H groups in total. The number of unbranched alkanes of at least 4 members (excludes halogenated alkanes) is 3. The molecule has 0 aliphatic rings. The van der Waals surface area contributed by atoms with Gasteiger partial charge in [-0.25, -0.2) is 4.98 Å². The lowest BCUT2D eigenvalue weighted by Gasteiger charge is -2.09. The molecular weight excluding hydrogens is 382 g/mol. The second-order valence-corrected chi connectivity index (χ2v) is 8.31. The molecule has 31 heavy (non-hydrogen) atoms. The van der Waals surface area contributed by atoms with Crippen LogP contribution in [0.3, 0.4) is 0 Å². The highest BCUT2D eigenvalue weighted by molar-refractivity contribution is 6.08. The Morgan fingerprint density at radius 2 is 1.68 bits per heavy atom. The lowest BCUT2D eigenvalue weighted by molar-refractivity contribution is 0.305. The van der Waals surface area contributed by atoms with Gasteiger partial charge in [-0.1, -0.05) is 50.5 Å². The summed E-state index contributed by atoms with van der Waals surface area (Å²) in [5.41, 5.74) is 11.6. The first-order valence-electron chi connectivity index (χ1n) is 11.3. The van der Waals surface area contributed by atoms with Gasteiger partial charge in [-0.05, 0) is 67.1 Å². The van der Waals surface area contributed by atoms with Crippen LogP contribution < -0.4 is 10.5 Å². The summed E-state index contributed by atoms with van der Waals surface area (Å²) in [4.78, 5) is 9.16. The number of benzene rings is 2. The molecular formula is C27H31N3O. The van der Waals surface area contributed by atoms with Crippen molar-refractivity contribution in [3.8, 4) is 5.75 Å². The highest BCUT2D eigenvalue weighted by Gasteiger charge is 2.09. The van der Waals surface area contributed by atoms with Gasteiger partial charge in [0.25, 0.3) is 0 Å². The van der Waals surface area contributed by atoms with Crippen molar-refractivity contribution < 1.29 is 4.74 Å². The van der Waals surface area contributed by atoms with Crippen LogP contribution in [0.1, 0.15) is 49.3 Å². The van der Waals surface area contributed by atoms with E-state index in [0.29, 0.717) is 5.82 Å². The quantitative estimate of drug-likeness (QED) is 0.254. The van der Waals surface area contributed by atoms with E-state index in [4.69, 9.17) is 10.5 Å². The number of anilines is 1. The lowest BCUT2D eigenvalue weighted by atomic mass is 10.0. The fourth-order valence-corrected chi connectivity index (χ4v) is 3.96. The number of aryl methyl sites for hydroxylation is 3. The van der Waals surface area contributed by atoms with Crippen LogP contribution in [0.4, 0.5) is 5.82 Å². The number of hydrogen-bond donors (Lipinski definition) is 1. The molecule has 2 aromatic carbocycles. The van der Waals surface area contributed by atoms with Crippen LogP contribution in [-0.4, -0.2) is 16.6 Å². The van der Waals surface area contributed by atoms with E-state index in [9.17, 15) is 0 Å². The Morgan fingerprint density at radius 3 is 2.48 bits per heavy atom. The van der Waals surface area contributed by atoms with E-state index in [2.05, 4.69) is 72.3 Å². The summed E-state index contributed by atoms with van der Waals surface area (Å²) in [6, 6.07) is 17.0. The van der Waals surface area contributed by atoms with Crippen LogP contribution in [-0.2, 0) is 12.8 Å². The molecule has 4 nitrogen and oxygen atoms in total. The van der Waals surface area contributed by atoms with E-state index in [1.807, 2.05) is 6.20 Å². The molecule has 0 unspecified atom stereocenters. The Balaban J connectivity index is 1.43. The van der Waals surface area contributed by atoms with Crippen molar-refractivity contribution in [1.82, 2.24) is 9.97 Å². The number of nitrogens with two attached hydrogens (primary N) is 1. The summed E-state index contributed by atoms with van der Waals surface area (Å²) < 4.78 is 5.85. The summed E-state index contributed by atoms with van der Waals surface area (Å²) in [7, 11) is 0. The van der Waals surface area contributed by atoms with Gasteiger partial charge in [0.1, 0.15) is 11.3 Å². The van der Waals surface area contributed by atoms with Gasteiger partial charge in [0.2, 0.25) is 0 Å². The number of nitrogen functional groups attached to an aromatic ring is 1. The summed E-state index contributed by atoms with van der Waals surface area (Å²) in [5, 5.41) is 2.18. The molecule has 0 radical (unpaired) electrons. The second kappa shape index (κ2) is 9.78. The molecule has 0 bridgehead atoms. The molecule has 0 spiro atoms. The van der Waals surface area contributed by atoms with Gasteiger partial charge < -0.3 is 10.5 Å². The third-order valence-corrected chi connectivity index (χ3v) is 5.76. The molecule has 4 rings (SSSR count). The molecule has 2 aromatic heterocycles. The molecule has 0 fully saturated rings. The van der Waals surface area contributed by atoms with Gasteiger partial charge >= 0.3 is 0 Å². The molecule has 4 aromatic rings. The summed E-state index contributed by atoms with van der Waals surface area (Å²) >= 11 is 0. The number of aromatic nitrogens is 2. The maximum absolute atomic E-state index is 6.17. The number of fused-ring (bicyclic) bond motifs is 3. The fourth-order valence-electron chi connectivity index (χ4n) is 3.96. The minimum atomic E-state index is 0.491. The molecule has 2 heterocycles. The van der Waals surface area contributed by atoms with Gasteiger partial charge in [-0.15, -0.1) is 0 Å². The van der Waals surface area contributed by atoms with Crippen LogP contribution in [0.2, 0.25) is 0 Å². The molecule has 160 valence electrons. The van der Waals surface area contributed by atoms with E-state index in [1.54, 1.807) is 0 Å². The van der Waals surface area contributed by atoms with Crippen LogP contribution in [0.5, 0.6) is 5.75 Å². The van der Waals surface area contributed by atoms with Crippen molar-refractivity contribution in [3.05, 3.63) is 71.4 Å². The van der Waals surface area contributed by atoms with E-state index in [1.165, 1.54) is 36.0 Å². The zero-order valence-electron chi connectivity index (χ0n) is 18.5. The van der Waals surface area contributed by atoms with Crippen molar-refractivity contribution >= 4 is 27.6 Å². The predicted molar refractivity (Wildman–Crippen MR) is 130 cm³/mol. The van der Waals surface area contributed by atoms with Gasteiger partial charge in [-0.3, -0.25) is 4.98 Å². The van der Waals surface area contributed by atoms with Gasteiger partial charge in [0.15, 0.2) is 5.82 Å². The topological polar surface area (TPSA) is 61.0 Å². The van der Waals surface area contributed by atoms with Crippen molar-refractivity contribution in [1.29, 1.82) is 0 Å². The predicted octanol–water partition coefficient (Wildman–Crippen LogP) is 6.42. The monoisotopic (exact) mass is 413 g/mol. The summed E-state index contributed by atoms with van der Waals surface area (Å²) in [6.45, 7) is 5.09. The molecule has 4 heteroatoms. The molecule has 0 atom stereocenters. The molecule has 0 saturated heterocycles. The largest absolute Gasteiger partial charge is 0.494 e. The first kappa shape index (κ1) is 21.1. The lowest BCUT2D eigenvalue weighted by Crippen LogP contribution is -1.99. The van der Waals surface area contributed by atoms with E-state index < -0.39 is 0 Å². The van der Waals surface area contributed by atoms with Gasteiger partial charge in [0.05, 0.1) is 12.1 Å². The fraction of sp³-hybridized carbons (Fsp3) is 0.333.